The van der Waals surface area contributed by atoms with Crippen LogP contribution in [0, 0.1) is 0 Å². The van der Waals surface area contributed by atoms with Crippen molar-refractivity contribution in [2.24, 2.45) is 7.05 Å². The summed E-state index contributed by atoms with van der Waals surface area (Å²) in [7, 11) is 1.98. The molecule has 1 amide bonds. The number of nitrogens with zero attached hydrogens (tertiary/aromatic N) is 4. The van der Waals surface area contributed by atoms with Gasteiger partial charge in [0.05, 0.1) is 17.5 Å². The molecule has 148 valence electrons. The van der Waals surface area contributed by atoms with Gasteiger partial charge in [0.1, 0.15) is 18.2 Å². The molecule has 0 bridgehead atoms. The number of benzene rings is 2. The molecule has 1 fully saturated rings. The quantitative estimate of drug-likeness (QED) is 0.601. The number of carbonyl (C=O) groups is 1. The van der Waals surface area contributed by atoms with E-state index in [1.807, 2.05) is 71.1 Å². The lowest BCUT2D eigenvalue weighted by Crippen LogP contribution is -2.42. The molecule has 6 nitrogen and oxygen atoms in total. The smallest absolute Gasteiger partial charge is 0.238 e. The summed E-state index contributed by atoms with van der Waals surface area (Å²) >= 11 is 1.44. The first-order valence-corrected chi connectivity index (χ1v) is 10.8. The fraction of sp³-hybridized carbons (Fsp3) is 0.318. The predicted octanol–water partition coefficient (Wildman–Crippen LogP) is 3.95. The van der Waals surface area contributed by atoms with Crippen LogP contribution >= 0.6 is 11.8 Å². The molecule has 1 aliphatic heterocycles. The Hall–Kier alpha value is -2.80. The average molecular weight is 407 g/mol. The van der Waals surface area contributed by atoms with Gasteiger partial charge in [0.25, 0.3) is 0 Å². The number of hydrogen-bond acceptors (Lipinski definition) is 5. The third-order valence-electron chi connectivity index (χ3n) is 5.42. The maximum absolute atomic E-state index is 13.4. The molecule has 3 aromatic rings. The molecule has 29 heavy (non-hydrogen) atoms. The van der Waals surface area contributed by atoms with Gasteiger partial charge < -0.3 is 9.30 Å². The second-order valence-electron chi connectivity index (χ2n) is 7.43. The van der Waals surface area contributed by atoms with Gasteiger partial charge in [-0.05, 0) is 30.5 Å². The zero-order valence-corrected chi connectivity index (χ0v) is 17.0. The number of amides is 1. The molecule has 0 N–H and O–H groups in total. The van der Waals surface area contributed by atoms with Gasteiger partial charge in [-0.25, -0.2) is 0 Å². The number of thioether (sulfide) groups is 1. The lowest BCUT2D eigenvalue weighted by atomic mass is 10.0. The van der Waals surface area contributed by atoms with E-state index in [0.29, 0.717) is 18.3 Å². The molecule has 1 saturated carbocycles. The number of rotatable bonds is 5. The second kappa shape index (κ2) is 7.55. The van der Waals surface area contributed by atoms with Gasteiger partial charge in [-0.1, -0.05) is 54.2 Å². The van der Waals surface area contributed by atoms with Crippen molar-refractivity contribution in [1.82, 2.24) is 14.8 Å². The van der Waals surface area contributed by atoms with E-state index in [4.69, 9.17) is 4.74 Å². The number of fused-ring (bicyclic) bond motifs is 1. The standard InChI is InChI=1S/C22H22N4O2S/c1-25-21(16-11-12-16)23-24-22(25)29-14-20(27)26-17-9-5-6-10-19(17)28-13-18(26)15-7-3-2-4-8-15/h2-10,16,18H,11-14H2,1H3/t18-/m0/s1. The molecule has 2 aliphatic rings. The zero-order valence-electron chi connectivity index (χ0n) is 16.2. The normalized spacial score (nSPS) is 18.2. The van der Waals surface area contributed by atoms with E-state index in [1.54, 1.807) is 0 Å². The number of hydrogen-bond donors (Lipinski definition) is 0. The Morgan fingerprint density at radius 1 is 1.10 bits per heavy atom. The van der Waals surface area contributed by atoms with Crippen LogP contribution in [0.4, 0.5) is 5.69 Å². The van der Waals surface area contributed by atoms with E-state index in [2.05, 4.69) is 10.2 Å². The van der Waals surface area contributed by atoms with Gasteiger partial charge >= 0.3 is 0 Å². The summed E-state index contributed by atoms with van der Waals surface area (Å²) in [4.78, 5) is 15.2. The minimum atomic E-state index is -0.152. The Morgan fingerprint density at radius 3 is 2.66 bits per heavy atom. The Morgan fingerprint density at radius 2 is 1.86 bits per heavy atom. The van der Waals surface area contributed by atoms with Crippen LogP contribution in [-0.4, -0.2) is 33.0 Å². The monoisotopic (exact) mass is 406 g/mol. The Kier molecular flexibility index (Phi) is 4.75. The molecule has 1 atom stereocenters. The first-order valence-electron chi connectivity index (χ1n) is 9.83. The average Bonchev–Trinajstić information content (AvgIpc) is 3.54. The van der Waals surface area contributed by atoms with Crippen molar-refractivity contribution in [2.45, 2.75) is 30.0 Å². The van der Waals surface area contributed by atoms with Gasteiger partial charge in [0.2, 0.25) is 5.91 Å². The maximum Gasteiger partial charge on any atom is 0.238 e. The molecule has 1 aliphatic carbocycles. The summed E-state index contributed by atoms with van der Waals surface area (Å²) < 4.78 is 7.99. The minimum Gasteiger partial charge on any atom is -0.489 e. The van der Waals surface area contributed by atoms with Crippen LogP contribution in [0.2, 0.25) is 0 Å². The summed E-state index contributed by atoms with van der Waals surface area (Å²) in [5, 5.41) is 9.40. The summed E-state index contributed by atoms with van der Waals surface area (Å²) in [5.41, 5.74) is 1.88. The summed E-state index contributed by atoms with van der Waals surface area (Å²) in [5.74, 6) is 2.64. The van der Waals surface area contributed by atoms with Gasteiger partial charge in [-0.15, -0.1) is 10.2 Å². The van der Waals surface area contributed by atoms with E-state index < -0.39 is 0 Å². The van der Waals surface area contributed by atoms with Crippen molar-refractivity contribution >= 4 is 23.4 Å². The molecule has 0 saturated heterocycles. The summed E-state index contributed by atoms with van der Waals surface area (Å²) in [6.45, 7) is 0.438. The molecule has 0 spiro atoms. The van der Waals surface area contributed by atoms with Crippen molar-refractivity contribution in [3.05, 3.63) is 66.0 Å². The highest BCUT2D eigenvalue weighted by molar-refractivity contribution is 7.99. The fourth-order valence-corrected chi connectivity index (χ4v) is 4.54. The van der Waals surface area contributed by atoms with Crippen LogP contribution in [0.15, 0.2) is 59.8 Å². The van der Waals surface area contributed by atoms with Gasteiger partial charge in [0, 0.05) is 13.0 Å². The number of carbonyl (C=O) groups excluding carboxylic acids is 1. The van der Waals surface area contributed by atoms with E-state index >= 15 is 0 Å². The van der Waals surface area contributed by atoms with Crippen molar-refractivity contribution < 1.29 is 9.53 Å². The highest BCUT2D eigenvalue weighted by Gasteiger charge is 2.34. The van der Waals surface area contributed by atoms with E-state index in [1.165, 1.54) is 24.6 Å². The molecule has 2 aromatic carbocycles. The number of ether oxygens (including phenoxy) is 1. The molecule has 0 radical (unpaired) electrons. The minimum absolute atomic E-state index is 0.0376. The van der Waals surface area contributed by atoms with Gasteiger partial charge in [-0.2, -0.15) is 0 Å². The first-order chi connectivity index (χ1) is 14.2. The van der Waals surface area contributed by atoms with E-state index in [-0.39, 0.29) is 11.9 Å². The van der Waals surface area contributed by atoms with Gasteiger partial charge in [-0.3, -0.25) is 9.69 Å². The lowest BCUT2D eigenvalue weighted by molar-refractivity contribution is -0.117. The van der Waals surface area contributed by atoms with Crippen molar-refractivity contribution in [2.75, 3.05) is 17.3 Å². The topological polar surface area (TPSA) is 60.2 Å². The molecule has 2 heterocycles. The Balaban J connectivity index is 1.40. The summed E-state index contributed by atoms with van der Waals surface area (Å²) in [6, 6.07) is 17.6. The molecule has 5 rings (SSSR count). The molecule has 1 aromatic heterocycles. The second-order valence-corrected chi connectivity index (χ2v) is 8.37. The molecule has 7 heteroatoms. The molecular formula is C22H22N4O2S. The van der Waals surface area contributed by atoms with Crippen LogP contribution in [0.25, 0.3) is 0 Å². The van der Waals surface area contributed by atoms with Crippen molar-refractivity contribution in [3.8, 4) is 5.75 Å². The first kappa shape index (κ1) is 18.2. The Labute approximate surface area is 173 Å². The highest BCUT2D eigenvalue weighted by Crippen LogP contribution is 2.41. The third kappa shape index (κ3) is 3.51. The van der Waals surface area contributed by atoms with Crippen LogP contribution in [0.1, 0.15) is 36.2 Å². The maximum atomic E-state index is 13.4. The van der Waals surface area contributed by atoms with Crippen molar-refractivity contribution in [3.63, 3.8) is 0 Å². The Bertz CT molecular complexity index is 1030. The summed E-state index contributed by atoms with van der Waals surface area (Å²) in [6.07, 6.45) is 2.36. The van der Waals surface area contributed by atoms with Crippen LogP contribution in [-0.2, 0) is 11.8 Å². The molecular weight excluding hydrogens is 384 g/mol. The number of aromatic nitrogens is 3. The lowest BCUT2D eigenvalue weighted by Gasteiger charge is -2.37. The highest BCUT2D eigenvalue weighted by atomic mass is 32.2. The largest absolute Gasteiger partial charge is 0.489 e. The van der Waals surface area contributed by atoms with Crippen LogP contribution < -0.4 is 9.64 Å². The number of anilines is 1. The number of para-hydroxylation sites is 2. The van der Waals surface area contributed by atoms with Gasteiger partial charge in [0.15, 0.2) is 5.16 Å². The van der Waals surface area contributed by atoms with Crippen molar-refractivity contribution in [1.29, 1.82) is 0 Å². The molecule has 0 unspecified atom stereocenters. The predicted molar refractivity (Wildman–Crippen MR) is 112 cm³/mol. The third-order valence-corrected chi connectivity index (χ3v) is 6.43. The van der Waals surface area contributed by atoms with E-state index in [0.717, 1.165) is 28.0 Å². The van der Waals surface area contributed by atoms with E-state index in [9.17, 15) is 4.79 Å². The SMILES string of the molecule is Cn1c(SCC(=O)N2c3ccccc3OC[C@H]2c2ccccc2)nnc1C1CC1. The van der Waals surface area contributed by atoms with Crippen LogP contribution in [0.3, 0.4) is 0 Å². The zero-order chi connectivity index (χ0) is 19.8. The van der Waals surface area contributed by atoms with Crippen LogP contribution in [0.5, 0.6) is 5.75 Å². The fourth-order valence-electron chi connectivity index (χ4n) is 3.76.